The number of imidazole rings is 1. The lowest BCUT2D eigenvalue weighted by Crippen LogP contribution is -2.37. The van der Waals surface area contributed by atoms with Crippen LogP contribution in [0.2, 0.25) is 5.02 Å². The zero-order valence-corrected chi connectivity index (χ0v) is 14.2. The van der Waals surface area contributed by atoms with Crippen molar-refractivity contribution >= 4 is 23.4 Å². The predicted molar refractivity (Wildman–Crippen MR) is 91.2 cm³/mol. The third-order valence-corrected chi connectivity index (χ3v) is 4.48. The topological polar surface area (TPSA) is 69.3 Å². The fraction of sp³-hybridized carbons (Fsp3) is 0.353. The summed E-state index contributed by atoms with van der Waals surface area (Å²) in [4.78, 5) is 35.4. The molecule has 1 aliphatic rings. The van der Waals surface area contributed by atoms with Crippen molar-refractivity contribution in [3.63, 3.8) is 0 Å². The number of benzene rings is 1. The van der Waals surface area contributed by atoms with Crippen molar-refractivity contribution in [2.45, 2.75) is 13.3 Å². The molecule has 6 nitrogen and oxygen atoms in total. The normalized spacial score (nSPS) is 15.2. The first-order chi connectivity index (χ1) is 11.6. The lowest BCUT2D eigenvalue weighted by molar-refractivity contribution is 0.0716. The number of H-pyrrole nitrogens is 1. The van der Waals surface area contributed by atoms with Gasteiger partial charge in [0.25, 0.3) is 11.8 Å². The van der Waals surface area contributed by atoms with Gasteiger partial charge in [0.05, 0.1) is 23.1 Å². The van der Waals surface area contributed by atoms with Crippen molar-refractivity contribution in [2.24, 2.45) is 0 Å². The van der Waals surface area contributed by atoms with Crippen molar-refractivity contribution in [3.8, 4) is 0 Å². The molecular weight excluding hydrogens is 328 g/mol. The molecule has 1 aliphatic heterocycles. The van der Waals surface area contributed by atoms with Crippen molar-refractivity contribution in [2.75, 3.05) is 26.2 Å². The average Bonchev–Trinajstić information content (AvgIpc) is 3.00. The molecule has 1 aromatic heterocycles. The van der Waals surface area contributed by atoms with Gasteiger partial charge in [-0.05, 0) is 25.5 Å². The molecule has 0 atom stereocenters. The number of hydrogen-bond donors (Lipinski definition) is 1. The number of hydrogen-bond acceptors (Lipinski definition) is 3. The van der Waals surface area contributed by atoms with Crippen molar-refractivity contribution in [3.05, 3.63) is 52.6 Å². The Kier molecular flexibility index (Phi) is 4.85. The molecule has 0 radical (unpaired) electrons. The molecule has 1 fully saturated rings. The molecule has 1 N–H and O–H groups in total. The molecule has 7 heteroatoms. The van der Waals surface area contributed by atoms with E-state index < -0.39 is 0 Å². The number of carbonyl (C=O) groups excluding carboxylic acids is 2. The largest absolute Gasteiger partial charge is 0.341 e. The van der Waals surface area contributed by atoms with Crippen LogP contribution in [-0.4, -0.2) is 57.8 Å². The van der Waals surface area contributed by atoms with Crippen LogP contribution in [0.4, 0.5) is 0 Å². The number of carbonyl (C=O) groups is 2. The zero-order valence-electron chi connectivity index (χ0n) is 13.5. The minimum atomic E-state index is -0.0876. The van der Waals surface area contributed by atoms with Gasteiger partial charge in [-0.15, -0.1) is 0 Å². The van der Waals surface area contributed by atoms with Crippen LogP contribution >= 0.6 is 11.6 Å². The van der Waals surface area contributed by atoms with Crippen LogP contribution in [0.25, 0.3) is 0 Å². The third-order valence-electron chi connectivity index (χ3n) is 4.15. The Morgan fingerprint density at radius 2 is 1.83 bits per heavy atom. The molecule has 2 aromatic rings. The summed E-state index contributed by atoms with van der Waals surface area (Å²) in [7, 11) is 0. The van der Waals surface area contributed by atoms with E-state index in [0.717, 1.165) is 12.0 Å². The van der Waals surface area contributed by atoms with Gasteiger partial charge in [-0.2, -0.15) is 0 Å². The van der Waals surface area contributed by atoms with E-state index in [2.05, 4.69) is 9.97 Å². The molecular formula is C17H19ClN4O2. The maximum Gasteiger partial charge on any atom is 0.271 e. The van der Waals surface area contributed by atoms with E-state index in [1.54, 1.807) is 15.9 Å². The standard InChI is InChI=1S/C17H19ClN4O2/c1-12-3-4-14(18)13(9-12)16(23)21-5-2-6-22(8-7-21)17(24)15-10-19-11-20-15/h3-4,9-11H,2,5-8H2,1H3,(H,19,20). The summed E-state index contributed by atoms with van der Waals surface area (Å²) < 4.78 is 0. The number of aryl methyl sites for hydroxylation is 1. The van der Waals surface area contributed by atoms with Crippen molar-refractivity contribution in [1.29, 1.82) is 0 Å². The lowest BCUT2D eigenvalue weighted by Gasteiger charge is -2.22. The molecule has 24 heavy (non-hydrogen) atoms. The van der Waals surface area contributed by atoms with Gasteiger partial charge in [-0.3, -0.25) is 9.59 Å². The molecule has 0 spiro atoms. The second kappa shape index (κ2) is 7.05. The lowest BCUT2D eigenvalue weighted by atomic mass is 10.1. The Morgan fingerprint density at radius 1 is 1.12 bits per heavy atom. The van der Waals surface area contributed by atoms with Gasteiger partial charge in [0.2, 0.25) is 0 Å². The zero-order chi connectivity index (χ0) is 17.1. The minimum Gasteiger partial charge on any atom is -0.341 e. The quantitative estimate of drug-likeness (QED) is 0.907. The predicted octanol–water partition coefficient (Wildman–Crippen LogP) is 2.36. The number of aromatic amines is 1. The minimum absolute atomic E-state index is 0.0838. The molecule has 3 rings (SSSR count). The van der Waals surface area contributed by atoms with Gasteiger partial charge < -0.3 is 14.8 Å². The number of aromatic nitrogens is 2. The van der Waals surface area contributed by atoms with Crippen LogP contribution in [0.3, 0.4) is 0 Å². The summed E-state index contributed by atoms with van der Waals surface area (Å²) in [6, 6.07) is 5.44. The Morgan fingerprint density at radius 3 is 2.50 bits per heavy atom. The molecule has 0 unspecified atom stereocenters. The SMILES string of the molecule is Cc1ccc(Cl)c(C(=O)N2CCCN(C(=O)c3cnc[nH]3)CC2)c1. The summed E-state index contributed by atoms with van der Waals surface area (Å²) in [6.07, 6.45) is 3.73. The molecule has 0 bridgehead atoms. The smallest absolute Gasteiger partial charge is 0.271 e. The molecule has 126 valence electrons. The summed E-state index contributed by atoms with van der Waals surface area (Å²) in [6.45, 7) is 4.13. The summed E-state index contributed by atoms with van der Waals surface area (Å²) in [5.41, 5.74) is 1.98. The molecule has 0 aliphatic carbocycles. The highest BCUT2D eigenvalue weighted by Crippen LogP contribution is 2.20. The second-order valence-electron chi connectivity index (χ2n) is 5.89. The van der Waals surface area contributed by atoms with Crippen LogP contribution in [0.15, 0.2) is 30.7 Å². The Labute approximate surface area is 145 Å². The Balaban J connectivity index is 1.70. The van der Waals surface area contributed by atoms with E-state index in [4.69, 9.17) is 11.6 Å². The third kappa shape index (κ3) is 3.43. The van der Waals surface area contributed by atoms with E-state index in [0.29, 0.717) is 42.5 Å². The van der Waals surface area contributed by atoms with Gasteiger partial charge in [0.1, 0.15) is 5.69 Å². The monoisotopic (exact) mass is 346 g/mol. The van der Waals surface area contributed by atoms with E-state index in [1.807, 2.05) is 19.1 Å². The molecule has 1 saturated heterocycles. The molecule has 1 aromatic carbocycles. The van der Waals surface area contributed by atoms with Gasteiger partial charge in [0.15, 0.2) is 0 Å². The first kappa shape index (κ1) is 16.5. The van der Waals surface area contributed by atoms with Crippen LogP contribution in [0, 0.1) is 6.92 Å². The fourth-order valence-electron chi connectivity index (χ4n) is 2.84. The van der Waals surface area contributed by atoms with Crippen LogP contribution in [-0.2, 0) is 0 Å². The maximum atomic E-state index is 12.8. The van der Waals surface area contributed by atoms with E-state index in [9.17, 15) is 9.59 Å². The van der Waals surface area contributed by atoms with E-state index in [-0.39, 0.29) is 11.8 Å². The van der Waals surface area contributed by atoms with E-state index in [1.165, 1.54) is 12.5 Å². The number of halogens is 1. The average molecular weight is 347 g/mol. The number of nitrogens with one attached hydrogen (secondary N) is 1. The summed E-state index contributed by atoms with van der Waals surface area (Å²) in [5, 5.41) is 0.459. The highest BCUT2D eigenvalue weighted by molar-refractivity contribution is 6.33. The molecule has 2 amide bonds. The first-order valence-electron chi connectivity index (χ1n) is 7.89. The molecule has 0 saturated carbocycles. The van der Waals surface area contributed by atoms with Crippen LogP contribution in [0.5, 0.6) is 0 Å². The van der Waals surface area contributed by atoms with Gasteiger partial charge in [-0.25, -0.2) is 4.98 Å². The highest BCUT2D eigenvalue weighted by atomic mass is 35.5. The summed E-state index contributed by atoms with van der Waals surface area (Å²) in [5.74, 6) is -0.171. The van der Waals surface area contributed by atoms with Gasteiger partial charge >= 0.3 is 0 Å². The molecule has 2 heterocycles. The maximum absolute atomic E-state index is 12.8. The number of amides is 2. The van der Waals surface area contributed by atoms with Crippen molar-refractivity contribution < 1.29 is 9.59 Å². The second-order valence-corrected chi connectivity index (χ2v) is 6.29. The number of nitrogens with zero attached hydrogens (tertiary/aromatic N) is 3. The number of rotatable bonds is 2. The Bertz CT molecular complexity index is 745. The van der Waals surface area contributed by atoms with E-state index >= 15 is 0 Å². The summed E-state index contributed by atoms with van der Waals surface area (Å²) >= 11 is 6.17. The van der Waals surface area contributed by atoms with Crippen LogP contribution < -0.4 is 0 Å². The van der Waals surface area contributed by atoms with Gasteiger partial charge in [0, 0.05) is 26.2 Å². The fourth-order valence-corrected chi connectivity index (χ4v) is 3.04. The van der Waals surface area contributed by atoms with Crippen molar-refractivity contribution in [1.82, 2.24) is 19.8 Å². The first-order valence-corrected chi connectivity index (χ1v) is 8.27. The van der Waals surface area contributed by atoms with Gasteiger partial charge in [-0.1, -0.05) is 23.2 Å². The Hall–Kier alpha value is -2.34. The van der Waals surface area contributed by atoms with Crippen LogP contribution in [0.1, 0.15) is 32.8 Å². The highest BCUT2D eigenvalue weighted by Gasteiger charge is 2.25.